The number of carbonyl (C=O) groups is 2. The summed E-state index contributed by atoms with van der Waals surface area (Å²) in [5, 5.41) is 5.82. The van der Waals surface area contributed by atoms with Gasteiger partial charge in [0.25, 0.3) is 11.8 Å². The lowest BCUT2D eigenvalue weighted by Crippen LogP contribution is -2.40. The smallest absolute Gasteiger partial charge is 0.255 e. The second-order valence-corrected chi connectivity index (χ2v) is 6.24. The number of nitrogens with one attached hydrogen (secondary N) is 2. The lowest BCUT2D eigenvalue weighted by molar-refractivity contribution is 0.0936. The molecule has 1 heterocycles. The van der Waals surface area contributed by atoms with Crippen LogP contribution in [0.15, 0.2) is 42.7 Å². The van der Waals surface area contributed by atoms with Gasteiger partial charge in [0.15, 0.2) is 0 Å². The lowest BCUT2D eigenvalue weighted by atomic mass is 10.0. The third-order valence-electron chi connectivity index (χ3n) is 4.22. The Balaban J connectivity index is 2.20. The minimum Gasteiger partial charge on any atom is -0.348 e. The van der Waals surface area contributed by atoms with E-state index in [4.69, 9.17) is 5.73 Å². The fourth-order valence-corrected chi connectivity index (χ4v) is 2.67. The molecule has 6 heteroatoms. The fourth-order valence-electron chi connectivity index (χ4n) is 2.67. The van der Waals surface area contributed by atoms with Crippen molar-refractivity contribution in [3.63, 3.8) is 0 Å². The van der Waals surface area contributed by atoms with Gasteiger partial charge < -0.3 is 16.4 Å². The fraction of sp³-hybridized carbons (Fsp3) is 0.350. The number of carbonyl (C=O) groups excluding carboxylic acids is 2. The Kier molecular flexibility index (Phi) is 7.29. The Morgan fingerprint density at radius 2 is 1.88 bits per heavy atom. The second kappa shape index (κ2) is 9.68. The molecule has 1 aromatic heterocycles. The number of nitrogens with two attached hydrogens (primary N) is 1. The number of nitrogens with zero attached hydrogens (tertiary/aromatic N) is 1. The Hall–Kier alpha value is -2.73. The largest absolute Gasteiger partial charge is 0.348 e. The monoisotopic (exact) mass is 354 g/mol. The maximum absolute atomic E-state index is 12.7. The number of rotatable bonds is 8. The molecule has 0 saturated heterocycles. The van der Waals surface area contributed by atoms with Crippen LogP contribution in [0, 0.1) is 6.92 Å². The summed E-state index contributed by atoms with van der Waals surface area (Å²) in [5.74, 6) is -0.512. The van der Waals surface area contributed by atoms with Crippen molar-refractivity contribution in [2.75, 3.05) is 11.9 Å². The first kappa shape index (κ1) is 19.6. The van der Waals surface area contributed by atoms with Gasteiger partial charge in [-0.05, 0) is 37.1 Å². The molecular weight excluding hydrogens is 328 g/mol. The Labute approximate surface area is 154 Å². The number of aromatic nitrogens is 1. The van der Waals surface area contributed by atoms with Crippen LogP contribution >= 0.6 is 0 Å². The van der Waals surface area contributed by atoms with Crippen LogP contribution in [0.5, 0.6) is 0 Å². The molecule has 26 heavy (non-hydrogen) atoms. The molecule has 1 aromatic carbocycles. The highest BCUT2D eigenvalue weighted by Gasteiger charge is 2.18. The van der Waals surface area contributed by atoms with Crippen molar-refractivity contribution in [3.8, 4) is 0 Å². The summed E-state index contributed by atoms with van der Waals surface area (Å²) in [5.41, 5.74) is 8.02. The maximum Gasteiger partial charge on any atom is 0.255 e. The average molecular weight is 354 g/mol. The van der Waals surface area contributed by atoms with E-state index < -0.39 is 0 Å². The molecule has 0 bridgehead atoms. The van der Waals surface area contributed by atoms with Gasteiger partial charge in [0.05, 0.1) is 11.3 Å². The molecular formula is C20H26N4O2. The van der Waals surface area contributed by atoms with Crippen molar-refractivity contribution in [2.24, 2.45) is 5.73 Å². The topological polar surface area (TPSA) is 97.1 Å². The molecule has 4 N–H and O–H groups in total. The summed E-state index contributed by atoms with van der Waals surface area (Å²) in [4.78, 5) is 29.1. The molecule has 2 aromatic rings. The van der Waals surface area contributed by atoms with Crippen LogP contribution in [0.3, 0.4) is 0 Å². The van der Waals surface area contributed by atoms with Gasteiger partial charge in [0, 0.05) is 30.5 Å². The molecule has 138 valence electrons. The van der Waals surface area contributed by atoms with E-state index in [0.717, 1.165) is 24.8 Å². The van der Waals surface area contributed by atoms with E-state index in [1.54, 1.807) is 36.7 Å². The van der Waals surface area contributed by atoms with Crippen molar-refractivity contribution >= 4 is 17.5 Å². The highest BCUT2D eigenvalue weighted by molar-refractivity contribution is 6.09. The van der Waals surface area contributed by atoms with Crippen LogP contribution in [0.4, 0.5) is 5.69 Å². The molecule has 0 fully saturated rings. The SMILES string of the molecule is CCCCC(CN)NC(=O)c1cccc(C)c1NC(=O)c1ccncc1. The number of unbranched alkanes of at least 4 members (excludes halogenated alkanes) is 1. The standard InChI is InChI=1S/C20H26N4O2/c1-3-4-7-16(13-21)23-20(26)17-8-5-6-14(2)18(17)24-19(25)15-9-11-22-12-10-15/h5-6,8-12,16H,3-4,7,13,21H2,1-2H3,(H,23,26)(H,24,25). The second-order valence-electron chi connectivity index (χ2n) is 6.24. The van der Waals surface area contributed by atoms with Crippen molar-refractivity contribution in [3.05, 3.63) is 59.4 Å². The molecule has 0 spiro atoms. The van der Waals surface area contributed by atoms with E-state index in [1.807, 2.05) is 13.0 Å². The summed E-state index contributed by atoms with van der Waals surface area (Å²) in [6.45, 7) is 4.34. The van der Waals surface area contributed by atoms with E-state index >= 15 is 0 Å². The summed E-state index contributed by atoms with van der Waals surface area (Å²) in [6.07, 6.45) is 5.99. The maximum atomic E-state index is 12.7. The first-order valence-corrected chi connectivity index (χ1v) is 8.88. The number of pyridine rings is 1. The van der Waals surface area contributed by atoms with Gasteiger partial charge in [0.1, 0.15) is 0 Å². The van der Waals surface area contributed by atoms with Crippen LogP contribution < -0.4 is 16.4 Å². The van der Waals surface area contributed by atoms with Crippen LogP contribution in [0.25, 0.3) is 0 Å². The van der Waals surface area contributed by atoms with E-state index in [0.29, 0.717) is 23.4 Å². The quantitative estimate of drug-likeness (QED) is 0.679. The van der Waals surface area contributed by atoms with Crippen molar-refractivity contribution in [1.29, 1.82) is 0 Å². The third kappa shape index (κ3) is 5.13. The number of hydrogen-bond acceptors (Lipinski definition) is 4. The van der Waals surface area contributed by atoms with E-state index in [-0.39, 0.29) is 17.9 Å². The number of amides is 2. The third-order valence-corrected chi connectivity index (χ3v) is 4.22. The molecule has 0 aliphatic carbocycles. The van der Waals surface area contributed by atoms with Crippen molar-refractivity contribution in [2.45, 2.75) is 39.2 Å². The number of benzene rings is 1. The number of para-hydroxylation sites is 1. The Morgan fingerprint density at radius 1 is 1.15 bits per heavy atom. The van der Waals surface area contributed by atoms with Gasteiger partial charge in [-0.3, -0.25) is 14.6 Å². The van der Waals surface area contributed by atoms with Crippen molar-refractivity contribution in [1.82, 2.24) is 10.3 Å². The van der Waals surface area contributed by atoms with Crippen molar-refractivity contribution < 1.29 is 9.59 Å². The highest BCUT2D eigenvalue weighted by atomic mass is 16.2. The van der Waals surface area contributed by atoms with Crippen LogP contribution in [-0.4, -0.2) is 29.4 Å². The molecule has 1 atom stereocenters. The molecule has 0 aliphatic heterocycles. The first-order chi connectivity index (χ1) is 12.6. The molecule has 2 rings (SSSR count). The number of hydrogen-bond donors (Lipinski definition) is 3. The molecule has 6 nitrogen and oxygen atoms in total. The number of anilines is 1. The highest BCUT2D eigenvalue weighted by Crippen LogP contribution is 2.22. The zero-order chi connectivity index (χ0) is 18.9. The van der Waals surface area contributed by atoms with Gasteiger partial charge in [-0.25, -0.2) is 0 Å². The summed E-state index contributed by atoms with van der Waals surface area (Å²) in [7, 11) is 0. The van der Waals surface area contributed by atoms with E-state index in [9.17, 15) is 9.59 Å². The van der Waals surface area contributed by atoms with E-state index in [1.165, 1.54) is 0 Å². The summed E-state index contributed by atoms with van der Waals surface area (Å²) < 4.78 is 0. The minimum atomic E-state index is -0.280. The zero-order valence-electron chi connectivity index (χ0n) is 15.3. The molecule has 0 radical (unpaired) electrons. The van der Waals surface area contributed by atoms with Crippen LogP contribution in [0.2, 0.25) is 0 Å². The molecule has 1 unspecified atom stereocenters. The molecule has 0 aliphatic rings. The minimum absolute atomic E-state index is 0.0771. The summed E-state index contributed by atoms with van der Waals surface area (Å²) >= 11 is 0. The zero-order valence-corrected chi connectivity index (χ0v) is 15.3. The predicted octanol–water partition coefficient (Wildman–Crippen LogP) is 2.89. The average Bonchev–Trinajstić information content (AvgIpc) is 2.67. The first-order valence-electron chi connectivity index (χ1n) is 8.88. The van der Waals surface area contributed by atoms with Crippen LogP contribution in [0.1, 0.15) is 52.5 Å². The van der Waals surface area contributed by atoms with Gasteiger partial charge in [-0.2, -0.15) is 0 Å². The summed E-state index contributed by atoms with van der Waals surface area (Å²) in [6, 6.07) is 8.54. The predicted molar refractivity (Wildman–Crippen MR) is 103 cm³/mol. The molecule has 0 saturated carbocycles. The van der Waals surface area contributed by atoms with Gasteiger partial charge in [-0.1, -0.05) is 31.9 Å². The van der Waals surface area contributed by atoms with Crippen LogP contribution in [-0.2, 0) is 0 Å². The lowest BCUT2D eigenvalue weighted by Gasteiger charge is -2.19. The van der Waals surface area contributed by atoms with Gasteiger partial charge in [-0.15, -0.1) is 0 Å². The molecule has 2 amide bonds. The Morgan fingerprint density at radius 3 is 2.54 bits per heavy atom. The Bertz CT molecular complexity index is 747. The van der Waals surface area contributed by atoms with Gasteiger partial charge >= 0.3 is 0 Å². The van der Waals surface area contributed by atoms with Gasteiger partial charge in [0.2, 0.25) is 0 Å². The van der Waals surface area contributed by atoms with E-state index in [2.05, 4.69) is 22.5 Å². The number of aryl methyl sites for hydroxylation is 1. The normalized spacial score (nSPS) is 11.7.